The van der Waals surface area contributed by atoms with Crippen LogP contribution in [0.5, 0.6) is 0 Å². The fraction of sp³-hybridized carbons (Fsp3) is 0.273. The second kappa shape index (κ2) is 3.38. The zero-order chi connectivity index (χ0) is 11.0. The van der Waals surface area contributed by atoms with Crippen LogP contribution in [0.1, 0.15) is 24.1 Å². The highest BCUT2D eigenvalue weighted by molar-refractivity contribution is 6.04. The van der Waals surface area contributed by atoms with E-state index in [1.807, 2.05) is 25.1 Å². The van der Waals surface area contributed by atoms with Crippen LogP contribution in [0.15, 0.2) is 18.2 Å². The molecule has 0 spiro atoms. The molecule has 4 nitrogen and oxygen atoms in total. The molecule has 0 fully saturated rings. The van der Waals surface area contributed by atoms with Crippen molar-refractivity contribution in [2.45, 2.75) is 19.9 Å². The van der Waals surface area contributed by atoms with E-state index >= 15 is 0 Å². The Morgan fingerprint density at radius 2 is 2.20 bits per heavy atom. The molecule has 1 unspecified atom stereocenters. The number of carbonyl (C=O) groups excluding carboxylic acids is 2. The number of fused-ring (bicyclic) bond motifs is 1. The third-order valence-electron chi connectivity index (χ3n) is 2.47. The summed E-state index contributed by atoms with van der Waals surface area (Å²) in [7, 11) is 0. The second-order valence-corrected chi connectivity index (χ2v) is 3.66. The number of benzene rings is 1. The molecule has 2 amide bonds. The molecule has 0 aliphatic carbocycles. The van der Waals surface area contributed by atoms with Crippen molar-refractivity contribution in [1.29, 1.82) is 0 Å². The van der Waals surface area contributed by atoms with Crippen LogP contribution in [0, 0.1) is 6.92 Å². The summed E-state index contributed by atoms with van der Waals surface area (Å²) in [5.74, 6) is -0.376. The van der Waals surface area contributed by atoms with Crippen LogP contribution in [0.4, 0.5) is 5.69 Å². The van der Waals surface area contributed by atoms with Gasteiger partial charge in [0.2, 0.25) is 5.91 Å². The number of rotatable bonds is 1. The number of aryl methyl sites for hydroxylation is 1. The maximum atomic E-state index is 11.6. The first kappa shape index (κ1) is 9.71. The minimum atomic E-state index is -0.544. The van der Waals surface area contributed by atoms with Crippen LogP contribution < -0.4 is 10.6 Å². The van der Waals surface area contributed by atoms with Crippen LogP contribution in [0.25, 0.3) is 0 Å². The number of anilines is 1. The molecular weight excluding hydrogens is 192 g/mol. The molecule has 0 radical (unpaired) electrons. The van der Waals surface area contributed by atoms with Gasteiger partial charge in [-0.15, -0.1) is 0 Å². The molecule has 1 aliphatic heterocycles. The van der Waals surface area contributed by atoms with E-state index in [9.17, 15) is 9.59 Å². The van der Waals surface area contributed by atoms with E-state index in [0.717, 1.165) is 16.8 Å². The second-order valence-electron chi connectivity index (χ2n) is 3.66. The highest BCUT2D eigenvalue weighted by Crippen LogP contribution is 2.32. The van der Waals surface area contributed by atoms with Gasteiger partial charge in [-0.25, -0.2) is 0 Å². The largest absolute Gasteiger partial charge is 0.341 e. The Labute approximate surface area is 87.7 Å². The molecule has 4 heteroatoms. The SMILES string of the molecule is CC(=O)NC1C(=O)Nc2c(C)cccc21. The van der Waals surface area contributed by atoms with Gasteiger partial charge in [0.05, 0.1) is 0 Å². The topological polar surface area (TPSA) is 58.2 Å². The van der Waals surface area contributed by atoms with Crippen molar-refractivity contribution < 1.29 is 9.59 Å². The van der Waals surface area contributed by atoms with E-state index in [-0.39, 0.29) is 11.8 Å². The van der Waals surface area contributed by atoms with Crippen LogP contribution in [-0.4, -0.2) is 11.8 Å². The standard InChI is InChI=1S/C11H12N2O2/c1-6-4-3-5-8-9(6)13-11(15)10(8)12-7(2)14/h3-5,10H,1-2H3,(H,12,14)(H,13,15). The van der Waals surface area contributed by atoms with Crippen molar-refractivity contribution in [3.05, 3.63) is 29.3 Å². The van der Waals surface area contributed by atoms with Gasteiger partial charge < -0.3 is 10.6 Å². The molecule has 2 rings (SSSR count). The average Bonchev–Trinajstić information content (AvgIpc) is 2.45. The lowest BCUT2D eigenvalue weighted by molar-refractivity contribution is -0.124. The van der Waals surface area contributed by atoms with Crippen molar-refractivity contribution in [2.75, 3.05) is 5.32 Å². The van der Waals surface area contributed by atoms with Gasteiger partial charge in [-0.3, -0.25) is 9.59 Å². The molecule has 78 valence electrons. The Balaban J connectivity index is 2.41. The smallest absolute Gasteiger partial charge is 0.251 e. The fourth-order valence-corrected chi connectivity index (χ4v) is 1.78. The predicted octanol–water partition coefficient (Wildman–Crippen LogP) is 1.12. The van der Waals surface area contributed by atoms with Crippen molar-refractivity contribution in [1.82, 2.24) is 5.32 Å². The maximum Gasteiger partial charge on any atom is 0.251 e. The molecule has 0 saturated carbocycles. The summed E-state index contributed by atoms with van der Waals surface area (Å²) in [6.07, 6.45) is 0. The van der Waals surface area contributed by atoms with Gasteiger partial charge in [-0.05, 0) is 12.5 Å². The number of nitrogens with one attached hydrogen (secondary N) is 2. The van der Waals surface area contributed by atoms with E-state index in [1.165, 1.54) is 6.92 Å². The van der Waals surface area contributed by atoms with E-state index in [0.29, 0.717) is 0 Å². The number of hydrogen-bond acceptors (Lipinski definition) is 2. The average molecular weight is 204 g/mol. The van der Waals surface area contributed by atoms with Gasteiger partial charge in [0, 0.05) is 18.2 Å². The van der Waals surface area contributed by atoms with Crippen LogP contribution >= 0.6 is 0 Å². The molecule has 1 heterocycles. The molecule has 0 aromatic heterocycles. The number of carbonyl (C=O) groups is 2. The molecule has 2 N–H and O–H groups in total. The van der Waals surface area contributed by atoms with Crippen molar-refractivity contribution in [2.24, 2.45) is 0 Å². The van der Waals surface area contributed by atoms with E-state index in [2.05, 4.69) is 10.6 Å². The Bertz CT molecular complexity index is 440. The monoisotopic (exact) mass is 204 g/mol. The number of amides is 2. The third kappa shape index (κ3) is 1.58. The summed E-state index contributed by atoms with van der Waals surface area (Å²) < 4.78 is 0. The maximum absolute atomic E-state index is 11.6. The fourth-order valence-electron chi connectivity index (χ4n) is 1.78. The molecule has 1 aromatic rings. The lowest BCUT2D eigenvalue weighted by Gasteiger charge is -2.09. The summed E-state index contributed by atoms with van der Waals surface area (Å²) in [6.45, 7) is 3.33. The zero-order valence-corrected chi connectivity index (χ0v) is 8.63. The molecule has 1 atom stereocenters. The normalized spacial score (nSPS) is 18.3. The predicted molar refractivity (Wildman–Crippen MR) is 56.4 cm³/mol. The highest BCUT2D eigenvalue weighted by atomic mass is 16.2. The van der Waals surface area contributed by atoms with Crippen LogP contribution in [-0.2, 0) is 9.59 Å². The minimum absolute atomic E-state index is 0.172. The third-order valence-corrected chi connectivity index (χ3v) is 2.47. The quantitative estimate of drug-likeness (QED) is 0.720. The highest BCUT2D eigenvalue weighted by Gasteiger charge is 2.31. The first-order valence-corrected chi connectivity index (χ1v) is 4.77. The molecule has 1 aromatic carbocycles. The van der Waals surface area contributed by atoms with Gasteiger partial charge in [0.25, 0.3) is 5.91 Å². The Kier molecular flexibility index (Phi) is 2.19. The first-order chi connectivity index (χ1) is 7.09. The van der Waals surface area contributed by atoms with Crippen LogP contribution in [0.3, 0.4) is 0 Å². The Morgan fingerprint density at radius 1 is 1.47 bits per heavy atom. The minimum Gasteiger partial charge on any atom is -0.341 e. The van der Waals surface area contributed by atoms with Gasteiger partial charge in [0.1, 0.15) is 6.04 Å². The summed E-state index contributed by atoms with van der Waals surface area (Å²) in [4.78, 5) is 22.5. The summed E-state index contributed by atoms with van der Waals surface area (Å²) in [6, 6.07) is 5.11. The Hall–Kier alpha value is -1.84. The van der Waals surface area contributed by atoms with Crippen molar-refractivity contribution >= 4 is 17.5 Å². The molecule has 1 aliphatic rings. The van der Waals surface area contributed by atoms with Gasteiger partial charge >= 0.3 is 0 Å². The molecule has 15 heavy (non-hydrogen) atoms. The number of hydrogen-bond donors (Lipinski definition) is 2. The summed E-state index contributed by atoms with van der Waals surface area (Å²) in [5, 5.41) is 5.39. The van der Waals surface area contributed by atoms with Gasteiger partial charge in [-0.2, -0.15) is 0 Å². The van der Waals surface area contributed by atoms with E-state index in [4.69, 9.17) is 0 Å². The lowest BCUT2D eigenvalue weighted by Crippen LogP contribution is -2.30. The molecular formula is C11H12N2O2. The van der Waals surface area contributed by atoms with Gasteiger partial charge in [0.15, 0.2) is 0 Å². The first-order valence-electron chi connectivity index (χ1n) is 4.77. The summed E-state index contributed by atoms with van der Waals surface area (Å²) >= 11 is 0. The van der Waals surface area contributed by atoms with Gasteiger partial charge in [-0.1, -0.05) is 18.2 Å². The van der Waals surface area contributed by atoms with Crippen molar-refractivity contribution in [3.8, 4) is 0 Å². The van der Waals surface area contributed by atoms with Crippen molar-refractivity contribution in [3.63, 3.8) is 0 Å². The van der Waals surface area contributed by atoms with E-state index in [1.54, 1.807) is 0 Å². The zero-order valence-electron chi connectivity index (χ0n) is 8.63. The van der Waals surface area contributed by atoms with E-state index < -0.39 is 6.04 Å². The Morgan fingerprint density at radius 3 is 2.87 bits per heavy atom. The van der Waals surface area contributed by atoms with Crippen LogP contribution in [0.2, 0.25) is 0 Å². The molecule has 0 saturated heterocycles. The summed E-state index contributed by atoms with van der Waals surface area (Å²) in [5.41, 5.74) is 2.67. The molecule has 0 bridgehead atoms. The lowest BCUT2D eigenvalue weighted by atomic mass is 10.1. The number of para-hydroxylation sites is 1.